The number of aliphatic hydroxyl groups is 2. The van der Waals surface area contributed by atoms with Crippen LogP contribution in [-0.4, -0.2) is 80.2 Å². The van der Waals surface area contributed by atoms with Gasteiger partial charge in [0.1, 0.15) is 30.4 Å². The Labute approximate surface area is 223 Å². The lowest BCUT2D eigenvalue weighted by Gasteiger charge is -2.30. The van der Waals surface area contributed by atoms with Gasteiger partial charge in [0.05, 0.1) is 12.2 Å². The fraction of sp³-hybridized carbons (Fsp3) is 0.727. The Morgan fingerprint density at radius 3 is 2.05 bits per heavy atom. The molecule has 0 spiro atoms. The molecule has 222 valence electrons. The van der Waals surface area contributed by atoms with E-state index >= 15 is 4.39 Å². The van der Waals surface area contributed by atoms with E-state index < -0.39 is 85.5 Å². The molecule has 0 amide bonds. The number of aromatic nitrogens is 2. The van der Waals surface area contributed by atoms with Crippen molar-refractivity contribution < 1.29 is 47.5 Å². The summed E-state index contributed by atoms with van der Waals surface area (Å²) in [6.07, 6.45) is -4.29. The van der Waals surface area contributed by atoms with E-state index in [4.69, 9.17) is 18.7 Å². The normalized spacial score (nSPS) is 28.2. The number of aliphatic hydroxyl groups excluding tert-OH is 1. The number of carbonyl (C=O) groups excluding carboxylic acids is 2. The van der Waals surface area contributed by atoms with E-state index in [0.717, 1.165) is 19.2 Å². The first kappa shape index (κ1) is 32.8. The fourth-order valence-corrected chi connectivity index (χ4v) is 5.39. The number of H-pyrrole nitrogens is 1. The van der Waals surface area contributed by atoms with Crippen LogP contribution in [0.15, 0.2) is 21.9 Å². The molecule has 1 saturated heterocycles. The van der Waals surface area contributed by atoms with Gasteiger partial charge in [-0.15, -0.1) is 0 Å². The van der Waals surface area contributed by atoms with E-state index in [1.54, 1.807) is 27.7 Å². The SMILES string of the molecule is CC(C)OC(=O)C(C)NP(=O)(NC(C)C(=O)OC(C)C)OC[C@@]1(F)O[C@@H](n2ccc(=O)[nH]c2=O)[C@](C)(O)[C@@H]1O. The number of hydrogen-bond donors (Lipinski definition) is 5. The summed E-state index contributed by atoms with van der Waals surface area (Å²) < 4.78 is 50.8. The third kappa shape index (κ3) is 8.03. The molecule has 0 aliphatic carbocycles. The molecule has 0 radical (unpaired) electrons. The van der Waals surface area contributed by atoms with Crippen LogP contribution in [-0.2, 0) is 32.9 Å². The molecule has 1 aromatic rings. The molecule has 2 unspecified atom stereocenters. The highest BCUT2D eigenvalue weighted by Crippen LogP contribution is 2.48. The van der Waals surface area contributed by atoms with Crippen LogP contribution in [0.1, 0.15) is 54.7 Å². The maximum Gasteiger partial charge on any atom is 0.342 e. The van der Waals surface area contributed by atoms with Gasteiger partial charge in [0, 0.05) is 12.3 Å². The quantitative estimate of drug-likeness (QED) is 0.160. The van der Waals surface area contributed by atoms with E-state index in [1.165, 1.54) is 13.8 Å². The van der Waals surface area contributed by atoms with Gasteiger partial charge in [-0.05, 0) is 48.5 Å². The highest BCUT2D eigenvalue weighted by atomic mass is 31.2. The second-order valence-electron chi connectivity index (χ2n) is 9.90. The Balaban J connectivity index is 2.33. The standard InChI is InChI=1S/C22H36FN4O11P/c1-11(2)36-16(29)13(5)25-39(34,26-14(6)17(30)37-12(3)4)35-10-22(23)18(31)21(7,33)19(38-22)27-9-8-15(28)24-20(27)32/h8-9,11-14,18-19,31,33H,10H2,1-7H3,(H,24,28,32)(H2,25,26,34)/t13?,14?,18-,19+,21+,22+,39?/m0/s1. The van der Waals surface area contributed by atoms with E-state index in [1.807, 2.05) is 4.98 Å². The van der Waals surface area contributed by atoms with Crippen molar-refractivity contribution >= 4 is 19.6 Å². The van der Waals surface area contributed by atoms with Crippen LogP contribution in [0.25, 0.3) is 0 Å². The summed E-state index contributed by atoms with van der Waals surface area (Å²) in [6.45, 7) is 8.59. The number of halogens is 1. The van der Waals surface area contributed by atoms with Gasteiger partial charge in [-0.3, -0.25) is 33.0 Å². The fourth-order valence-electron chi connectivity index (χ4n) is 3.58. The predicted molar refractivity (Wildman–Crippen MR) is 133 cm³/mol. The maximum absolute atomic E-state index is 15.9. The Morgan fingerprint density at radius 2 is 1.62 bits per heavy atom. The van der Waals surface area contributed by atoms with Crippen LogP contribution in [0.4, 0.5) is 4.39 Å². The first-order valence-corrected chi connectivity index (χ1v) is 13.7. The minimum Gasteiger partial charge on any atom is -0.462 e. The average molecular weight is 583 g/mol. The van der Waals surface area contributed by atoms with E-state index in [9.17, 15) is 34.0 Å². The minimum absolute atomic E-state index is 0.512. The van der Waals surface area contributed by atoms with Crippen LogP contribution < -0.4 is 21.4 Å². The van der Waals surface area contributed by atoms with Gasteiger partial charge < -0.3 is 24.4 Å². The summed E-state index contributed by atoms with van der Waals surface area (Å²) in [5.41, 5.74) is -4.26. The molecule has 0 aromatic carbocycles. The average Bonchev–Trinajstić information content (AvgIpc) is 2.97. The van der Waals surface area contributed by atoms with Crippen molar-refractivity contribution in [3.8, 4) is 0 Å². The van der Waals surface area contributed by atoms with Crippen molar-refractivity contribution in [2.24, 2.45) is 0 Å². The van der Waals surface area contributed by atoms with Gasteiger partial charge in [0.25, 0.3) is 11.4 Å². The molecule has 1 fully saturated rings. The number of aromatic amines is 1. The van der Waals surface area contributed by atoms with E-state index in [0.29, 0.717) is 4.57 Å². The summed E-state index contributed by atoms with van der Waals surface area (Å²) in [4.78, 5) is 50.1. The molecule has 1 aromatic heterocycles. The monoisotopic (exact) mass is 582 g/mol. The lowest BCUT2D eigenvalue weighted by atomic mass is 9.95. The zero-order valence-electron chi connectivity index (χ0n) is 22.7. The number of esters is 2. The topological polar surface area (TPSA) is 208 Å². The highest BCUT2D eigenvalue weighted by molar-refractivity contribution is 7.54. The third-order valence-corrected chi connectivity index (χ3v) is 7.40. The molecule has 39 heavy (non-hydrogen) atoms. The molecule has 0 saturated carbocycles. The smallest absolute Gasteiger partial charge is 0.342 e. The molecule has 0 bridgehead atoms. The Bertz CT molecular complexity index is 1170. The molecule has 5 N–H and O–H groups in total. The summed E-state index contributed by atoms with van der Waals surface area (Å²) in [6, 6.07) is -1.64. The summed E-state index contributed by atoms with van der Waals surface area (Å²) in [5, 5.41) is 26.1. The molecule has 6 atom stereocenters. The van der Waals surface area contributed by atoms with Crippen molar-refractivity contribution in [1.82, 2.24) is 19.7 Å². The second-order valence-corrected chi connectivity index (χ2v) is 11.8. The van der Waals surface area contributed by atoms with Crippen LogP contribution in [0.5, 0.6) is 0 Å². The van der Waals surface area contributed by atoms with Gasteiger partial charge >= 0.3 is 25.3 Å². The maximum atomic E-state index is 15.9. The molecule has 2 rings (SSSR count). The molecule has 1 aliphatic heterocycles. The van der Waals surface area contributed by atoms with Gasteiger partial charge in [-0.1, -0.05) is 0 Å². The number of alkyl halides is 1. The van der Waals surface area contributed by atoms with Crippen LogP contribution >= 0.6 is 7.67 Å². The zero-order chi connectivity index (χ0) is 29.9. The van der Waals surface area contributed by atoms with Crippen LogP contribution in [0.3, 0.4) is 0 Å². The van der Waals surface area contributed by atoms with Crippen molar-refractivity contribution in [3.63, 3.8) is 0 Å². The van der Waals surface area contributed by atoms with Gasteiger partial charge in [0.2, 0.25) is 0 Å². The van der Waals surface area contributed by atoms with Crippen molar-refractivity contribution in [3.05, 3.63) is 33.1 Å². The third-order valence-electron chi connectivity index (χ3n) is 5.45. The number of nitrogens with one attached hydrogen (secondary N) is 3. The Kier molecular flexibility index (Phi) is 10.4. The lowest BCUT2D eigenvalue weighted by Crippen LogP contribution is -2.50. The zero-order valence-corrected chi connectivity index (χ0v) is 23.6. The van der Waals surface area contributed by atoms with E-state index in [2.05, 4.69) is 10.2 Å². The van der Waals surface area contributed by atoms with Gasteiger partial charge in [-0.2, -0.15) is 0 Å². The Morgan fingerprint density at radius 1 is 1.13 bits per heavy atom. The van der Waals surface area contributed by atoms with Crippen molar-refractivity contribution in [2.45, 2.75) is 96.5 Å². The molecular formula is C22H36FN4O11P. The first-order chi connectivity index (χ1) is 17.8. The second kappa shape index (κ2) is 12.4. The number of ether oxygens (including phenoxy) is 3. The van der Waals surface area contributed by atoms with Gasteiger partial charge in [-0.25, -0.2) is 19.4 Å². The summed E-state index contributed by atoms with van der Waals surface area (Å²) >= 11 is 0. The van der Waals surface area contributed by atoms with Gasteiger partial charge in [0.15, 0.2) is 6.23 Å². The number of carbonyl (C=O) groups is 2. The first-order valence-electron chi connectivity index (χ1n) is 12.1. The van der Waals surface area contributed by atoms with Crippen LogP contribution in [0, 0.1) is 0 Å². The van der Waals surface area contributed by atoms with E-state index in [-0.39, 0.29) is 0 Å². The molecule has 17 heteroatoms. The predicted octanol–water partition coefficient (Wildman–Crippen LogP) is -0.173. The van der Waals surface area contributed by atoms with Crippen molar-refractivity contribution in [1.29, 1.82) is 0 Å². The molecular weight excluding hydrogens is 546 g/mol. The Hall–Kier alpha value is -2.46. The molecule has 15 nitrogen and oxygen atoms in total. The number of hydrogen-bond acceptors (Lipinski definition) is 11. The lowest BCUT2D eigenvalue weighted by molar-refractivity contribution is -0.203. The molecule has 1 aliphatic rings. The number of rotatable bonds is 12. The summed E-state index contributed by atoms with van der Waals surface area (Å²) in [7, 11) is -4.53. The van der Waals surface area contributed by atoms with Crippen LogP contribution in [0.2, 0.25) is 0 Å². The number of nitrogens with zero attached hydrogens (tertiary/aromatic N) is 1. The minimum atomic E-state index is -4.53. The summed E-state index contributed by atoms with van der Waals surface area (Å²) in [5.74, 6) is -4.92. The van der Waals surface area contributed by atoms with Crippen molar-refractivity contribution in [2.75, 3.05) is 6.61 Å². The highest BCUT2D eigenvalue weighted by Gasteiger charge is 2.63. The molecule has 2 heterocycles. The largest absolute Gasteiger partial charge is 0.462 e.